The summed E-state index contributed by atoms with van der Waals surface area (Å²) in [5, 5.41) is 9.95. The number of carbonyl (C=O) groups is 2. The summed E-state index contributed by atoms with van der Waals surface area (Å²) in [6, 6.07) is 18.6. The third kappa shape index (κ3) is 2.75. The zero-order valence-electron chi connectivity index (χ0n) is 15.0. The van der Waals surface area contributed by atoms with Crippen LogP contribution in [-0.2, 0) is 9.59 Å². The van der Waals surface area contributed by atoms with Gasteiger partial charge in [0.05, 0.1) is 11.5 Å². The quantitative estimate of drug-likeness (QED) is 0.794. The van der Waals surface area contributed by atoms with Gasteiger partial charge in [0.1, 0.15) is 11.4 Å². The summed E-state index contributed by atoms with van der Waals surface area (Å²) in [4.78, 5) is 26.7. The molecule has 0 saturated carbocycles. The predicted octanol–water partition coefficient (Wildman–Crippen LogP) is 2.52. The highest BCUT2D eigenvalue weighted by Gasteiger charge is 2.62. The van der Waals surface area contributed by atoms with E-state index >= 15 is 0 Å². The van der Waals surface area contributed by atoms with E-state index in [1.807, 2.05) is 60.7 Å². The molecule has 4 atom stereocenters. The second-order valence-electron chi connectivity index (χ2n) is 7.44. The zero-order valence-corrected chi connectivity index (χ0v) is 15.8. The maximum Gasteiger partial charge on any atom is 0.312 e. The molecule has 5 nitrogen and oxygen atoms in total. The zero-order chi connectivity index (χ0) is 19.2. The second kappa shape index (κ2) is 6.69. The molecule has 3 unspecified atom stereocenters. The molecule has 4 rings (SSSR count). The maximum absolute atomic E-state index is 12.7. The Kier molecular flexibility index (Phi) is 4.48. The largest absolute Gasteiger partial charge is 0.481 e. The van der Waals surface area contributed by atoms with Gasteiger partial charge >= 0.3 is 5.97 Å². The van der Waals surface area contributed by atoms with Crippen LogP contribution in [-0.4, -0.2) is 45.1 Å². The summed E-state index contributed by atoms with van der Waals surface area (Å²) in [6.45, 7) is 1.75. The minimum Gasteiger partial charge on any atom is -0.481 e. The van der Waals surface area contributed by atoms with Gasteiger partial charge in [-0.05, 0) is 18.1 Å². The molecule has 2 aliphatic heterocycles. The van der Waals surface area contributed by atoms with E-state index in [1.54, 1.807) is 11.8 Å². The van der Waals surface area contributed by atoms with Gasteiger partial charge in [-0.25, -0.2) is 0 Å². The lowest BCUT2D eigenvalue weighted by Gasteiger charge is -2.59. The van der Waals surface area contributed by atoms with Crippen molar-refractivity contribution in [2.45, 2.75) is 30.3 Å². The van der Waals surface area contributed by atoms with Crippen LogP contribution < -0.4 is 5.73 Å². The highest BCUT2D eigenvalue weighted by molar-refractivity contribution is 8.00. The van der Waals surface area contributed by atoms with Crippen LogP contribution in [0.2, 0.25) is 0 Å². The number of nitrogens with zero attached hydrogens (tertiary/aromatic N) is 1. The first-order chi connectivity index (χ1) is 12.9. The van der Waals surface area contributed by atoms with Gasteiger partial charge in [-0.1, -0.05) is 60.7 Å². The summed E-state index contributed by atoms with van der Waals surface area (Å²) in [7, 11) is 0. The smallest absolute Gasteiger partial charge is 0.312 e. The van der Waals surface area contributed by atoms with E-state index in [-0.39, 0.29) is 17.2 Å². The van der Waals surface area contributed by atoms with Crippen LogP contribution in [0.25, 0.3) is 0 Å². The molecule has 2 saturated heterocycles. The van der Waals surface area contributed by atoms with Crippen LogP contribution in [0.15, 0.2) is 60.7 Å². The van der Waals surface area contributed by atoms with E-state index < -0.39 is 23.5 Å². The van der Waals surface area contributed by atoms with Crippen molar-refractivity contribution in [2.75, 3.05) is 5.75 Å². The number of thioether (sulfide) groups is 1. The predicted molar refractivity (Wildman–Crippen MR) is 105 cm³/mol. The molecular formula is C21H22N2O3S. The van der Waals surface area contributed by atoms with Crippen molar-refractivity contribution in [3.05, 3.63) is 71.8 Å². The number of nitrogens with two attached hydrogens (primary N) is 1. The Morgan fingerprint density at radius 3 is 2.15 bits per heavy atom. The number of hydrogen-bond acceptors (Lipinski definition) is 4. The van der Waals surface area contributed by atoms with Crippen LogP contribution in [0.5, 0.6) is 0 Å². The molecule has 0 bridgehead atoms. The van der Waals surface area contributed by atoms with Crippen molar-refractivity contribution in [2.24, 2.45) is 11.1 Å². The third-order valence-electron chi connectivity index (χ3n) is 5.75. The average molecular weight is 382 g/mol. The normalized spacial score (nSPS) is 30.0. The molecule has 2 aliphatic rings. The molecule has 0 radical (unpaired) electrons. The monoisotopic (exact) mass is 382 g/mol. The maximum atomic E-state index is 12.7. The molecule has 2 heterocycles. The van der Waals surface area contributed by atoms with E-state index in [9.17, 15) is 14.7 Å². The Morgan fingerprint density at radius 1 is 1.15 bits per heavy atom. The lowest BCUT2D eigenvalue weighted by molar-refractivity contribution is -0.163. The van der Waals surface area contributed by atoms with Gasteiger partial charge < -0.3 is 15.7 Å². The molecule has 3 N–H and O–H groups in total. The van der Waals surface area contributed by atoms with E-state index in [2.05, 4.69) is 0 Å². The minimum absolute atomic E-state index is 0.162. The van der Waals surface area contributed by atoms with Gasteiger partial charge in [-0.15, -0.1) is 11.8 Å². The molecule has 27 heavy (non-hydrogen) atoms. The van der Waals surface area contributed by atoms with Crippen LogP contribution in [0.3, 0.4) is 0 Å². The molecule has 2 aromatic carbocycles. The van der Waals surface area contributed by atoms with E-state index in [4.69, 9.17) is 5.73 Å². The number of hydrogen-bond donors (Lipinski definition) is 2. The van der Waals surface area contributed by atoms with Crippen LogP contribution in [0, 0.1) is 5.41 Å². The molecule has 0 aliphatic carbocycles. The standard InChI is InChI=1S/C21H22N2O3S/c1-21(20(25)26)12-27-19-16(22)18(24)23(19)17(21)15(13-8-4-2-5-9-13)14-10-6-3-7-11-14/h2-11,15-17,19H,12,22H2,1H3,(H,25,26)/t16?,17?,19-,21?/m1/s1. The fourth-order valence-corrected chi connectivity index (χ4v) is 5.77. The molecule has 2 fully saturated rings. The van der Waals surface area contributed by atoms with Crippen LogP contribution >= 0.6 is 11.8 Å². The summed E-state index contributed by atoms with van der Waals surface area (Å²) in [5.74, 6) is -0.871. The molecular weight excluding hydrogens is 360 g/mol. The van der Waals surface area contributed by atoms with E-state index in [0.717, 1.165) is 11.1 Å². The highest BCUT2D eigenvalue weighted by atomic mass is 32.2. The Hall–Kier alpha value is -2.31. The second-order valence-corrected chi connectivity index (χ2v) is 8.54. The SMILES string of the molecule is CC1(C(=O)O)CS[C@@H]2C(N)C(=O)N2C1C(c1ccccc1)c1ccccc1. The first-order valence-corrected chi connectivity index (χ1v) is 10.0. The van der Waals surface area contributed by atoms with Crippen molar-refractivity contribution >= 4 is 23.6 Å². The van der Waals surface area contributed by atoms with Crippen molar-refractivity contribution in [3.63, 3.8) is 0 Å². The number of carboxylic acid groups (broad SMARTS) is 1. The molecule has 1 amide bonds. The number of rotatable bonds is 4. The number of benzene rings is 2. The number of fused-ring (bicyclic) bond motifs is 1. The topological polar surface area (TPSA) is 83.6 Å². The summed E-state index contributed by atoms with van der Waals surface area (Å²) in [6.07, 6.45) is 0. The Balaban J connectivity index is 1.89. The number of β-lactam (4-membered cyclic amide) rings is 1. The van der Waals surface area contributed by atoms with Gasteiger partial charge in [-0.2, -0.15) is 0 Å². The Morgan fingerprint density at radius 2 is 1.67 bits per heavy atom. The Bertz CT molecular complexity index is 821. The van der Waals surface area contributed by atoms with Crippen LogP contribution in [0.4, 0.5) is 0 Å². The first-order valence-electron chi connectivity index (χ1n) is 8.98. The number of aliphatic carboxylic acids is 1. The van der Waals surface area contributed by atoms with Gasteiger partial charge in [0, 0.05) is 11.7 Å². The summed E-state index contributed by atoms with van der Waals surface area (Å²) >= 11 is 1.47. The van der Waals surface area contributed by atoms with Gasteiger partial charge in [-0.3, -0.25) is 9.59 Å². The molecule has 140 valence electrons. The first kappa shape index (κ1) is 18.1. The molecule has 0 aromatic heterocycles. The molecule has 0 spiro atoms. The van der Waals surface area contributed by atoms with Crippen LogP contribution in [0.1, 0.15) is 24.0 Å². The van der Waals surface area contributed by atoms with Gasteiger partial charge in [0.25, 0.3) is 0 Å². The van der Waals surface area contributed by atoms with Gasteiger partial charge in [0.15, 0.2) is 0 Å². The lowest BCUT2D eigenvalue weighted by atomic mass is 9.69. The Labute approximate surface area is 162 Å². The number of carboxylic acids is 1. The number of amides is 1. The third-order valence-corrected chi connectivity index (χ3v) is 7.38. The fraction of sp³-hybridized carbons (Fsp3) is 0.333. The highest BCUT2D eigenvalue weighted by Crippen LogP contribution is 2.51. The molecule has 6 heteroatoms. The fourth-order valence-electron chi connectivity index (χ4n) is 4.24. The summed E-state index contributed by atoms with van der Waals surface area (Å²) < 4.78 is 0. The summed E-state index contributed by atoms with van der Waals surface area (Å²) in [5.41, 5.74) is 6.95. The number of carbonyl (C=O) groups excluding carboxylic acids is 1. The lowest BCUT2D eigenvalue weighted by Crippen LogP contribution is -2.76. The molecule has 2 aromatic rings. The van der Waals surface area contributed by atoms with Crippen molar-refractivity contribution in [3.8, 4) is 0 Å². The van der Waals surface area contributed by atoms with E-state index in [0.29, 0.717) is 5.75 Å². The van der Waals surface area contributed by atoms with E-state index in [1.165, 1.54) is 11.8 Å². The van der Waals surface area contributed by atoms with Crippen molar-refractivity contribution in [1.29, 1.82) is 0 Å². The minimum atomic E-state index is -1.08. The van der Waals surface area contributed by atoms with Crippen molar-refractivity contribution < 1.29 is 14.7 Å². The van der Waals surface area contributed by atoms with Crippen molar-refractivity contribution in [1.82, 2.24) is 4.90 Å². The van der Waals surface area contributed by atoms with Gasteiger partial charge in [0.2, 0.25) is 5.91 Å². The average Bonchev–Trinajstić information content (AvgIpc) is 2.70.